The maximum Gasteiger partial charge on any atom is 0.123 e. The average molecular weight is 216 g/mol. The lowest BCUT2D eigenvalue weighted by Gasteiger charge is -2.13. The lowest BCUT2D eigenvalue weighted by molar-refractivity contribution is 0.538. The number of nitrogens with one attached hydrogen (secondary N) is 1. The molecule has 0 fully saturated rings. The number of hydrogen-bond donors (Lipinski definition) is 1. The van der Waals surface area contributed by atoms with E-state index in [-0.39, 0.29) is 5.82 Å². The Morgan fingerprint density at radius 1 is 1.36 bits per heavy atom. The van der Waals surface area contributed by atoms with Gasteiger partial charge in [-0.05, 0) is 24.1 Å². The summed E-state index contributed by atoms with van der Waals surface area (Å²) >= 11 is 5.74. The number of alkyl halides is 1. The van der Waals surface area contributed by atoms with Gasteiger partial charge in [0.1, 0.15) is 5.82 Å². The Bertz CT molecular complexity index is 256. The molecule has 0 saturated carbocycles. The van der Waals surface area contributed by atoms with E-state index in [9.17, 15) is 4.39 Å². The number of benzene rings is 1. The molecule has 1 aromatic rings. The minimum atomic E-state index is -0.196. The van der Waals surface area contributed by atoms with Crippen molar-refractivity contribution in [3.8, 4) is 0 Å². The van der Waals surface area contributed by atoms with Crippen LogP contribution >= 0.6 is 11.6 Å². The van der Waals surface area contributed by atoms with Gasteiger partial charge in [-0.1, -0.05) is 19.1 Å². The van der Waals surface area contributed by atoms with Crippen LogP contribution in [-0.2, 0) is 6.54 Å². The van der Waals surface area contributed by atoms with E-state index < -0.39 is 0 Å². The molecule has 1 atom stereocenters. The standard InChI is InChI=1S/C11H15ClFN/c1-2-11(7-12)14-8-9-3-5-10(13)6-4-9/h3-6,11,14H,2,7-8H2,1H3. The molecule has 3 heteroatoms. The van der Waals surface area contributed by atoms with Crippen LogP contribution < -0.4 is 5.32 Å². The van der Waals surface area contributed by atoms with E-state index in [0.29, 0.717) is 11.9 Å². The van der Waals surface area contributed by atoms with Crippen LogP contribution in [0.5, 0.6) is 0 Å². The van der Waals surface area contributed by atoms with Gasteiger partial charge in [-0.3, -0.25) is 0 Å². The summed E-state index contributed by atoms with van der Waals surface area (Å²) in [6, 6.07) is 6.84. The molecule has 0 bridgehead atoms. The van der Waals surface area contributed by atoms with Crippen LogP contribution in [0.15, 0.2) is 24.3 Å². The molecule has 0 spiro atoms. The SMILES string of the molecule is CCC(CCl)NCc1ccc(F)cc1. The quantitative estimate of drug-likeness (QED) is 0.745. The molecule has 1 aromatic carbocycles. The molecule has 0 aliphatic rings. The normalized spacial score (nSPS) is 12.8. The van der Waals surface area contributed by atoms with E-state index in [1.807, 2.05) is 0 Å². The van der Waals surface area contributed by atoms with Crippen LogP contribution in [0, 0.1) is 5.82 Å². The van der Waals surface area contributed by atoms with E-state index in [2.05, 4.69) is 12.2 Å². The van der Waals surface area contributed by atoms with Crippen molar-refractivity contribution in [2.45, 2.75) is 25.9 Å². The topological polar surface area (TPSA) is 12.0 Å². The molecule has 1 nitrogen and oxygen atoms in total. The minimum Gasteiger partial charge on any atom is -0.309 e. The van der Waals surface area contributed by atoms with Crippen LogP contribution in [0.3, 0.4) is 0 Å². The number of rotatable bonds is 5. The summed E-state index contributed by atoms with van der Waals surface area (Å²) in [5.74, 6) is 0.413. The Hall–Kier alpha value is -0.600. The Labute approximate surface area is 89.3 Å². The third-order valence-electron chi connectivity index (χ3n) is 2.19. The second kappa shape index (κ2) is 5.99. The fourth-order valence-electron chi connectivity index (χ4n) is 1.17. The first-order valence-electron chi connectivity index (χ1n) is 4.80. The van der Waals surface area contributed by atoms with Gasteiger partial charge < -0.3 is 5.32 Å². The zero-order chi connectivity index (χ0) is 10.4. The molecule has 0 amide bonds. The van der Waals surface area contributed by atoms with Crippen molar-refractivity contribution in [2.24, 2.45) is 0 Å². The van der Waals surface area contributed by atoms with E-state index in [1.54, 1.807) is 12.1 Å². The maximum atomic E-state index is 12.6. The zero-order valence-electron chi connectivity index (χ0n) is 8.26. The third-order valence-corrected chi connectivity index (χ3v) is 2.56. The van der Waals surface area contributed by atoms with E-state index in [4.69, 9.17) is 11.6 Å². The first-order valence-corrected chi connectivity index (χ1v) is 5.33. The molecule has 0 aromatic heterocycles. The monoisotopic (exact) mass is 215 g/mol. The number of hydrogen-bond acceptors (Lipinski definition) is 1. The van der Waals surface area contributed by atoms with E-state index in [1.165, 1.54) is 12.1 Å². The molecule has 78 valence electrons. The van der Waals surface area contributed by atoms with Gasteiger partial charge in [0.05, 0.1) is 0 Å². The molecule has 1 unspecified atom stereocenters. The summed E-state index contributed by atoms with van der Waals surface area (Å²) < 4.78 is 12.6. The summed E-state index contributed by atoms with van der Waals surface area (Å²) in [4.78, 5) is 0. The second-order valence-corrected chi connectivity index (χ2v) is 3.58. The Morgan fingerprint density at radius 3 is 2.50 bits per heavy atom. The summed E-state index contributed by atoms with van der Waals surface area (Å²) in [6.07, 6.45) is 1.00. The highest BCUT2D eigenvalue weighted by Crippen LogP contribution is 2.03. The first-order chi connectivity index (χ1) is 6.76. The Balaban J connectivity index is 2.41. The molecular formula is C11H15ClFN. The van der Waals surface area contributed by atoms with Crippen LogP contribution in [-0.4, -0.2) is 11.9 Å². The molecule has 0 saturated heterocycles. The van der Waals surface area contributed by atoms with Gasteiger partial charge >= 0.3 is 0 Å². The first kappa shape index (κ1) is 11.5. The summed E-state index contributed by atoms with van der Waals surface area (Å²) in [5.41, 5.74) is 1.08. The van der Waals surface area contributed by atoms with Crippen molar-refractivity contribution in [3.63, 3.8) is 0 Å². The molecule has 1 N–H and O–H groups in total. The van der Waals surface area contributed by atoms with Crippen molar-refractivity contribution < 1.29 is 4.39 Å². The minimum absolute atomic E-state index is 0.196. The Kier molecular flexibility index (Phi) is 4.91. The number of halogens is 2. The highest BCUT2D eigenvalue weighted by molar-refractivity contribution is 6.18. The molecule has 0 aliphatic carbocycles. The van der Waals surface area contributed by atoms with Crippen molar-refractivity contribution in [2.75, 3.05) is 5.88 Å². The van der Waals surface area contributed by atoms with Crippen molar-refractivity contribution in [1.82, 2.24) is 5.32 Å². The highest BCUT2D eigenvalue weighted by Gasteiger charge is 2.02. The Morgan fingerprint density at radius 2 is 2.00 bits per heavy atom. The lowest BCUT2D eigenvalue weighted by Crippen LogP contribution is -2.29. The molecule has 0 aliphatic heterocycles. The molecule has 0 radical (unpaired) electrons. The van der Waals surface area contributed by atoms with Gasteiger partial charge in [0.25, 0.3) is 0 Å². The van der Waals surface area contributed by atoms with Crippen molar-refractivity contribution >= 4 is 11.6 Å². The lowest BCUT2D eigenvalue weighted by atomic mass is 10.2. The van der Waals surface area contributed by atoms with Gasteiger partial charge in [-0.25, -0.2) is 4.39 Å². The molecular weight excluding hydrogens is 201 g/mol. The maximum absolute atomic E-state index is 12.6. The van der Waals surface area contributed by atoms with Gasteiger partial charge in [-0.15, -0.1) is 11.6 Å². The van der Waals surface area contributed by atoms with Crippen LogP contribution in [0.2, 0.25) is 0 Å². The van der Waals surface area contributed by atoms with Gasteiger partial charge in [-0.2, -0.15) is 0 Å². The van der Waals surface area contributed by atoms with Gasteiger partial charge in [0, 0.05) is 18.5 Å². The van der Waals surface area contributed by atoms with Crippen molar-refractivity contribution in [1.29, 1.82) is 0 Å². The largest absolute Gasteiger partial charge is 0.309 e. The summed E-state index contributed by atoms with van der Waals surface area (Å²) in [7, 11) is 0. The van der Waals surface area contributed by atoms with Gasteiger partial charge in [0.2, 0.25) is 0 Å². The predicted molar refractivity (Wildman–Crippen MR) is 58.0 cm³/mol. The molecule has 1 rings (SSSR count). The van der Waals surface area contributed by atoms with Crippen molar-refractivity contribution in [3.05, 3.63) is 35.6 Å². The van der Waals surface area contributed by atoms with E-state index >= 15 is 0 Å². The predicted octanol–water partition coefficient (Wildman–Crippen LogP) is 2.93. The smallest absolute Gasteiger partial charge is 0.123 e. The summed E-state index contributed by atoms with van der Waals surface area (Å²) in [6.45, 7) is 2.83. The van der Waals surface area contributed by atoms with Gasteiger partial charge in [0.15, 0.2) is 0 Å². The fourth-order valence-corrected chi connectivity index (χ4v) is 1.50. The van der Waals surface area contributed by atoms with Crippen LogP contribution in [0.25, 0.3) is 0 Å². The van der Waals surface area contributed by atoms with Crippen LogP contribution in [0.4, 0.5) is 4.39 Å². The van der Waals surface area contributed by atoms with E-state index in [0.717, 1.165) is 18.5 Å². The second-order valence-electron chi connectivity index (χ2n) is 3.27. The highest BCUT2D eigenvalue weighted by atomic mass is 35.5. The third kappa shape index (κ3) is 3.64. The fraction of sp³-hybridized carbons (Fsp3) is 0.455. The summed E-state index contributed by atoms with van der Waals surface area (Å²) in [5, 5.41) is 3.30. The molecule has 0 heterocycles. The zero-order valence-corrected chi connectivity index (χ0v) is 9.02. The van der Waals surface area contributed by atoms with Crippen LogP contribution in [0.1, 0.15) is 18.9 Å². The molecule has 14 heavy (non-hydrogen) atoms. The average Bonchev–Trinajstić information content (AvgIpc) is 2.22.